The molecule has 27 heavy (non-hydrogen) atoms. The summed E-state index contributed by atoms with van der Waals surface area (Å²) in [5.74, 6) is -1.86. The van der Waals surface area contributed by atoms with Crippen molar-refractivity contribution < 1.29 is 18.4 Å². The number of carbonyl (C=O) groups is 2. The normalized spacial score (nSPS) is 16.9. The summed E-state index contributed by atoms with van der Waals surface area (Å²) in [7, 11) is 0. The fraction of sp³-hybridized carbons (Fsp3) is 0.211. The third kappa shape index (κ3) is 3.25. The highest BCUT2D eigenvalue weighted by Crippen LogP contribution is 2.31. The second-order valence-electron chi connectivity index (χ2n) is 6.46. The molecular formula is C19H16F2N4O2. The fourth-order valence-electron chi connectivity index (χ4n) is 3.28. The average molecular weight is 370 g/mol. The molecule has 2 amide bonds. The van der Waals surface area contributed by atoms with Gasteiger partial charge in [0.05, 0.1) is 16.8 Å². The Bertz CT molecular complexity index is 1030. The monoisotopic (exact) mass is 370 g/mol. The van der Waals surface area contributed by atoms with Gasteiger partial charge in [0.15, 0.2) is 5.82 Å². The van der Waals surface area contributed by atoms with Gasteiger partial charge >= 0.3 is 0 Å². The summed E-state index contributed by atoms with van der Waals surface area (Å²) >= 11 is 0. The number of nitrogens with zero attached hydrogens (tertiary/aromatic N) is 2. The van der Waals surface area contributed by atoms with E-state index in [1.807, 2.05) is 0 Å². The zero-order valence-corrected chi connectivity index (χ0v) is 14.2. The van der Waals surface area contributed by atoms with Gasteiger partial charge in [-0.05, 0) is 29.8 Å². The van der Waals surface area contributed by atoms with Crippen molar-refractivity contribution >= 4 is 28.5 Å². The number of benzene rings is 2. The molecule has 4 rings (SSSR count). The SMILES string of the molecule is O=C(NCc1cccc(F)c1)C1CC(=O)N(c2n[nH]c3cccc(F)c23)C1. The van der Waals surface area contributed by atoms with E-state index in [2.05, 4.69) is 15.5 Å². The van der Waals surface area contributed by atoms with E-state index < -0.39 is 11.7 Å². The number of nitrogens with one attached hydrogen (secondary N) is 2. The Morgan fingerprint density at radius 2 is 2.07 bits per heavy atom. The molecule has 0 radical (unpaired) electrons. The summed E-state index contributed by atoms with van der Waals surface area (Å²) in [6, 6.07) is 10.4. The lowest BCUT2D eigenvalue weighted by Gasteiger charge is -2.14. The highest BCUT2D eigenvalue weighted by molar-refractivity contribution is 6.05. The zero-order valence-electron chi connectivity index (χ0n) is 14.2. The van der Waals surface area contributed by atoms with Crippen LogP contribution in [0.15, 0.2) is 42.5 Å². The summed E-state index contributed by atoms with van der Waals surface area (Å²) in [6.45, 7) is 0.281. The molecule has 1 aliphatic rings. The van der Waals surface area contributed by atoms with Crippen LogP contribution in [0.1, 0.15) is 12.0 Å². The average Bonchev–Trinajstić information content (AvgIpc) is 3.24. The minimum atomic E-state index is -0.579. The molecule has 0 aliphatic carbocycles. The summed E-state index contributed by atoms with van der Waals surface area (Å²) in [5.41, 5.74) is 1.11. The smallest absolute Gasteiger partial charge is 0.229 e. The molecule has 2 aromatic carbocycles. The number of aromatic nitrogens is 2. The van der Waals surface area contributed by atoms with Crippen molar-refractivity contribution in [3.8, 4) is 0 Å². The Kier molecular flexibility index (Phi) is 4.31. The minimum absolute atomic E-state index is 0.0117. The first-order valence-electron chi connectivity index (χ1n) is 8.48. The molecule has 2 heterocycles. The van der Waals surface area contributed by atoms with Crippen LogP contribution in [0.2, 0.25) is 0 Å². The number of carbonyl (C=O) groups excluding carboxylic acids is 2. The number of fused-ring (bicyclic) bond motifs is 1. The van der Waals surface area contributed by atoms with Gasteiger partial charge in [-0.15, -0.1) is 0 Å². The van der Waals surface area contributed by atoms with E-state index in [9.17, 15) is 18.4 Å². The van der Waals surface area contributed by atoms with Crippen LogP contribution >= 0.6 is 0 Å². The number of anilines is 1. The minimum Gasteiger partial charge on any atom is -0.352 e. The van der Waals surface area contributed by atoms with Crippen LogP contribution < -0.4 is 10.2 Å². The van der Waals surface area contributed by atoms with Crippen molar-refractivity contribution in [2.75, 3.05) is 11.4 Å². The topological polar surface area (TPSA) is 78.1 Å². The van der Waals surface area contributed by atoms with Crippen molar-refractivity contribution in [2.24, 2.45) is 5.92 Å². The van der Waals surface area contributed by atoms with E-state index in [0.717, 1.165) is 0 Å². The Morgan fingerprint density at radius 3 is 2.89 bits per heavy atom. The molecule has 1 aromatic heterocycles. The number of hydrogen-bond donors (Lipinski definition) is 2. The first-order chi connectivity index (χ1) is 13.0. The summed E-state index contributed by atoms with van der Waals surface area (Å²) < 4.78 is 27.4. The van der Waals surface area contributed by atoms with Crippen LogP contribution in [0.5, 0.6) is 0 Å². The highest BCUT2D eigenvalue weighted by Gasteiger charge is 2.37. The van der Waals surface area contributed by atoms with Crippen LogP contribution in [-0.4, -0.2) is 28.6 Å². The molecule has 0 spiro atoms. The number of hydrogen-bond acceptors (Lipinski definition) is 3. The Balaban J connectivity index is 1.47. The first kappa shape index (κ1) is 17.1. The molecule has 138 valence electrons. The maximum Gasteiger partial charge on any atom is 0.229 e. The van der Waals surface area contributed by atoms with Gasteiger partial charge in [-0.2, -0.15) is 5.10 Å². The molecule has 6 nitrogen and oxygen atoms in total. The highest BCUT2D eigenvalue weighted by atomic mass is 19.1. The molecule has 3 aromatic rings. The van der Waals surface area contributed by atoms with E-state index in [1.165, 1.54) is 23.1 Å². The van der Waals surface area contributed by atoms with Gasteiger partial charge in [-0.3, -0.25) is 19.6 Å². The van der Waals surface area contributed by atoms with Crippen molar-refractivity contribution in [1.29, 1.82) is 0 Å². The van der Waals surface area contributed by atoms with Crippen molar-refractivity contribution in [1.82, 2.24) is 15.5 Å². The lowest BCUT2D eigenvalue weighted by molar-refractivity contribution is -0.126. The predicted molar refractivity (Wildman–Crippen MR) is 94.8 cm³/mol. The second-order valence-corrected chi connectivity index (χ2v) is 6.46. The van der Waals surface area contributed by atoms with E-state index >= 15 is 0 Å². The lowest BCUT2D eigenvalue weighted by Crippen LogP contribution is -2.32. The van der Waals surface area contributed by atoms with E-state index in [-0.39, 0.29) is 48.3 Å². The van der Waals surface area contributed by atoms with Gasteiger partial charge in [0.2, 0.25) is 11.8 Å². The third-order valence-corrected chi connectivity index (χ3v) is 4.63. The lowest BCUT2D eigenvalue weighted by atomic mass is 10.1. The molecule has 0 bridgehead atoms. The molecule has 1 aliphatic heterocycles. The van der Waals surface area contributed by atoms with Crippen LogP contribution in [0.3, 0.4) is 0 Å². The van der Waals surface area contributed by atoms with E-state index in [1.54, 1.807) is 24.3 Å². The summed E-state index contributed by atoms with van der Waals surface area (Å²) in [5, 5.41) is 9.70. The van der Waals surface area contributed by atoms with Gasteiger partial charge in [-0.25, -0.2) is 8.78 Å². The Hall–Kier alpha value is -3.29. The van der Waals surface area contributed by atoms with E-state index in [0.29, 0.717) is 11.1 Å². The maximum absolute atomic E-state index is 14.1. The van der Waals surface area contributed by atoms with Crippen LogP contribution in [0, 0.1) is 17.6 Å². The second kappa shape index (κ2) is 6.79. The zero-order chi connectivity index (χ0) is 19.0. The van der Waals surface area contributed by atoms with Crippen LogP contribution in [0.25, 0.3) is 10.9 Å². The summed E-state index contributed by atoms with van der Waals surface area (Å²) in [4.78, 5) is 26.1. The Morgan fingerprint density at radius 1 is 1.26 bits per heavy atom. The largest absolute Gasteiger partial charge is 0.352 e. The van der Waals surface area contributed by atoms with Crippen LogP contribution in [-0.2, 0) is 16.1 Å². The number of amides is 2. The first-order valence-corrected chi connectivity index (χ1v) is 8.48. The molecule has 0 saturated carbocycles. The van der Waals surface area contributed by atoms with Gasteiger partial charge < -0.3 is 5.32 Å². The standard InChI is InChI=1S/C19H16F2N4O2/c20-13-4-1-3-11(7-13)9-22-19(27)12-8-16(26)25(10-12)18-17-14(21)5-2-6-15(17)23-24-18/h1-7,12H,8-10H2,(H,22,27)(H,23,24). The third-order valence-electron chi connectivity index (χ3n) is 4.63. The van der Waals surface area contributed by atoms with Gasteiger partial charge in [-0.1, -0.05) is 18.2 Å². The molecule has 8 heteroatoms. The molecule has 2 N–H and O–H groups in total. The van der Waals surface area contributed by atoms with Gasteiger partial charge in [0.25, 0.3) is 0 Å². The van der Waals surface area contributed by atoms with Gasteiger partial charge in [0.1, 0.15) is 11.6 Å². The molecule has 1 saturated heterocycles. The molecular weight excluding hydrogens is 354 g/mol. The van der Waals surface area contributed by atoms with Gasteiger partial charge in [0, 0.05) is 19.5 Å². The van der Waals surface area contributed by atoms with Crippen molar-refractivity contribution in [3.63, 3.8) is 0 Å². The van der Waals surface area contributed by atoms with Crippen molar-refractivity contribution in [3.05, 3.63) is 59.7 Å². The molecule has 1 fully saturated rings. The number of halogens is 2. The quantitative estimate of drug-likeness (QED) is 0.741. The fourth-order valence-corrected chi connectivity index (χ4v) is 3.28. The van der Waals surface area contributed by atoms with Crippen molar-refractivity contribution in [2.45, 2.75) is 13.0 Å². The number of rotatable bonds is 4. The molecule has 1 atom stereocenters. The predicted octanol–water partition coefficient (Wildman–Crippen LogP) is 2.51. The Labute approximate surface area is 153 Å². The van der Waals surface area contributed by atoms with Crippen LogP contribution in [0.4, 0.5) is 14.6 Å². The number of H-pyrrole nitrogens is 1. The number of aromatic amines is 1. The summed E-state index contributed by atoms with van der Waals surface area (Å²) in [6.07, 6.45) is 0.0117. The molecule has 1 unspecified atom stereocenters. The van der Waals surface area contributed by atoms with E-state index in [4.69, 9.17) is 0 Å². The maximum atomic E-state index is 14.1.